The van der Waals surface area contributed by atoms with Crippen molar-refractivity contribution in [3.63, 3.8) is 0 Å². The Morgan fingerprint density at radius 3 is 3.00 bits per heavy atom. The van der Waals surface area contributed by atoms with Gasteiger partial charge in [0.1, 0.15) is 6.04 Å². The van der Waals surface area contributed by atoms with Gasteiger partial charge in [-0.3, -0.25) is 4.79 Å². The number of morpholine rings is 1. The number of nitrogens with zero attached hydrogens (tertiary/aromatic N) is 1. The van der Waals surface area contributed by atoms with E-state index in [1.165, 1.54) is 0 Å². The minimum absolute atomic E-state index is 0.0622. The summed E-state index contributed by atoms with van der Waals surface area (Å²) < 4.78 is 5.42. The highest BCUT2D eigenvalue weighted by Crippen LogP contribution is 2.31. The lowest BCUT2D eigenvalue weighted by Gasteiger charge is -2.36. The second-order valence-corrected chi connectivity index (χ2v) is 5.47. The van der Waals surface area contributed by atoms with Crippen LogP contribution in [0.25, 0.3) is 0 Å². The SMILES string of the molecule is CCNC(=O)C1COCCN1c1ccc([C@H](C)O)cc1Cl. The number of nitrogens with one attached hydrogen (secondary N) is 1. The van der Waals surface area contributed by atoms with Gasteiger partial charge < -0.3 is 20.1 Å². The summed E-state index contributed by atoms with van der Waals surface area (Å²) >= 11 is 6.33. The molecule has 1 aromatic rings. The summed E-state index contributed by atoms with van der Waals surface area (Å²) in [6.45, 7) is 5.67. The van der Waals surface area contributed by atoms with E-state index in [1.807, 2.05) is 24.0 Å². The molecule has 6 heteroatoms. The predicted molar refractivity (Wildman–Crippen MR) is 82.7 cm³/mol. The van der Waals surface area contributed by atoms with E-state index in [-0.39, 0.29) is 11.9 Å². The third-order valence-electron chi connectivity index (χ3n) is 3.55. The number of rotatable bonds is 4. The van der Waals surface area contributed by atoms with Gasteiger partial charge in [-0.15, -0.1) is 0 Å². The molecule has 0 saturated carbocycles. The van der Waals surface area contributed by atoms with Crippen molar-refractivity contribution in [1.29, 1.82) is 0 Å². The van der Waals surface area contributed by atoms with Crippen LogP contribution >= 0.6 is 11.6 Å². The molecule has 1 fully saturated rings. The average Bonchev–Trinajstić information content (AvgIpc) is 2.47. The van der Waals surface area contributed by atoms with Gasteiger partial charge in [0, 0.05) is 13.1 Å². The number of benzene rings is 1. The highest BCUT2D eigenvalue weighted by atomic mass is 35.5. The molecule has 1 amide bonds. The summed E-state index contributed by atoms with van der Waals surface area (Å²) in [7, 11) is 0. The van der Waals surface area contributed by atoms with Gasteiger partial charge in [-0.2, -0.15) is 0 Å². The van der Waals surface area contributed by atoms with Gasteiger partial charge in [-0.05, 0) is 31.5 Å². The molecule has 1 heterocycles. The summed E-state index contributed by atoms with van der Waals surface area (Å²) in [4.78, 5) is 14.1. The van der Waals surface area contributed by atoms with Crippen LogP contribution in [0.4, 0.5) is 5.69 Å². The summed E-state index contributed by atoms with van der Waals surface area (Å²) in [5, 5.41) is 13.0. The summed E-state index contributed by atoms with van der Waals surface area (Å²) in [5.41, 5.74) is 1.55. The number of amides is 1. The summed E-state index contributed by atoms with van der Waals surface area (Å²) in [6.07, 6.45) is -0.569. The number of aliphatic hydroxyl groups is 1. The van der Waals surface area contributed by atoms with E-state index in [4.69, 9.17) is 16.3 Å². The van der Waals surface area contributed by atoms with Crippen molar-refractivity contribution in [2.45, 2.75) is 26.0 Å². The zero-order chi connectivity index (χ0) is 15.4. The average molecular weight is 313 g/mol. The van der Waals surface area contributed by atoms with Crippen LogP contribution in [0.15, 0.2) is 18.2 Å². The van der Waals surface area contributed by atoms with E-state index < -0.39 is 6.10 Å². The first kappa shape index (κ1) is 16.1. The summed E-state index contributed by atoms with van der Waals surface area (Å²) in [5.74, 6) is -0.0622. The van der Waals surface area contributed by atoms with Crippen molar-refractivity contribution in [1.82, 2.24) is 5.32 Å². The maximum Gasteiger partial charge on any atom is 0.245 e. The van der Waals surface area contributed by atoms with Gasteiger partial charge in [0.25, 0.3) is 0 Å². The zero-order valence-electron chi connectivity index (χ0n) is 12.3. The Kier molecular flexibility index (Phi) is 5.45. The van der Waals surface area contributed by atoms with Gasteiger partial charge in [-0.25, -0.2) is 0 Å². The standard InChI is InChI=1S/C15H21ClN2O3/c1-3-17-15(20)14-9-21-7-6-18(14)13-5-4-11(10(2)19)8-12(13)16/h4-5,8,10,14,19H,3,6-7,9H2,1-2H3,(H,17,20)/t10-,14?/m0/s1. The fraction of sp³-hybridized carbons (Fsp3) is 0.533. The molecule has 5 nitrogen and oxygen atoms in total. The van der Waals surface area contributed by atoms with Gasteiger partial charge >= 0.3 is 0 Å². The Bertz CT molecular complexity index is 508. The van der Waals surface area contributed by atoms with Crippen molar-refractivity contribution in [2.75, 3.05) is 31.2 Å². The molecule has 0 radical (unpaired) electrons. The highest BCUT2D eigenvalue weighted by molar-refractivity contribution is 6.33. The number of likely N-dealkylation sites (N-methyl/N-ethyl adjacent to an activating group) is 1. The third kappa shape index (κ3) is 3.67. The van der Waals surface area contributed by atoms with Crippen LogP contribution < -0.4 is 10.2 Å². The van der Waals surface area contributed by atoms with E-state index in [0.717, 1.165) is 11.3 Å². The maximum atomic E-state index is 12.2. The Balaban J connectivity index is 2.27. The normalized spacial score (nSPS) is 20.2. The Morgan fingerprint density at radius 1 is 1.62 bits per heavy atom. The largest absolute Gasteiger partial charge is 0.389 e. The minimum Gasteiger partial charge on any atom is -0.389 e. The molecule has 1 aliphatic heterocycles. The molecule has 2 N–H and O–H groups in total. The first-order valence-corrected chi connectivity index (χ1v) is 7.52. The lowest BCUT2D eigenvalue weighted by molar-refractivity contribution is -0.124. The second-order valence-electron chi connectivity index (χ2n) is 5.07. The van der Waals surface area contributed by atoms with Gasteiger partial charge in [0.15, 0.2) is 0 Å². The summed E-state index contributed by atoms with van der Waals surface area (Å²) in [6, 6.07) is 5.04. The van der Waals surface area contributed by atoms with Crippen LogP contribution in [0.2, 0.25) is 5.02 Å². The van der Waals surface area contributed by atoms with Crippen LogP contribution in [-0.2, 0) is 9.53 Å². The molecule has 1 aromatic carbocycles. The van der Waals surface area contributed by atoms with Crippen LogP contribution in [0.5, 0.6) is 0 Å². The molecular formula is C15H21ClN2O3. The van der Waals surface area contributed by atoms with Gasteiger partial charge in [-0.1, -0.05) is 17.7 Å². The van der Waals surface area contributed by atoms with Gasteiger partial charge in [0.05, 0.1) is 30.0 Å². The number of hydrogen-bond donors (Lipinski definition) is 2. The second kappa shape index (κ2) is 7.11. The van der Waals surface area contributed by atoms with Crippen molar-refractivity contribution >= 4 is 23.2 Å². The molecule has 2 rings (SSSR count). The topological polar surface area (TPSA) is 61.8 Å². The predicted octanol–water partition coefficient (Wildman–Crippen LogP) is 1.73. The monoisotopic (exact) mass is 312 g/mol. The highest BCUT2D eigenvalue weighted by Gasteiger charge is 2.30. The first-order valence-electron chi connectivity index (χ1n) is 7.14. The number of ether oxygens (including phenoxy) is 1. The maximum absolute atomic E-state index is 12.2. The lowest BCUT2D eigenvalue weighted by Crippen LogP contribution is -2.54. The molecule has 1 unspecified atom stereocenters. The number of hydrogen-bond acceptors (Lipinski definition) is 4. The fourth-order valence-corrected chi connectivity index (χ4v) is 2.71. The number of carbonyl (C=O) groups is 1. The third-order valence-corrected chi connectivity index (χ3v) is 3.85. The molecule has 1 saturated heterocycles. The van der Waals surface area contributed by atoms with E-state index in [2.05, 4.69) is 5.32 Å². The number of carbonyl (C=O) groups excluding carboxylic acids is 1. The molecule has 0 aromatic heterocycles. The lowest BCUT2D eigenvalue weighted by atomic mass is 10.1. The quantitative estimate of drug-likeness (QED) is 0.889. The van der Waals surface area contributed by atoms with Crippen LogP contribution in [0, 0.1) is 0 Å². The first-order chi connectivity index (χ1) is 10.0. The fourth-order valence-electron chi connectivity index (χ4n) is 2.42. The van der Waals surface area contributed by atoms with E-state index in [1.54, 1.807) is 13.0 Å². The van der Waals surface area contributed by atoms with E-state index >= 15 is 0 Å². The van der Waals surface area contributed by atoms with E-state index in [9.17, 15) is 9.90 Å². The molecule has 2 atom stereocenters. The molecule has 0 spiro atoms. The molecule has 0 aliphatic carbocycles. The number of halogens is 1. The van der Waals surface area contributed by atoms with Crippen LogP contribution in [0.1, 0.15) is 25.5 Å². The van der Waals surface area contributed by atoms with Crippen molar-refractivity contribution < 1.29 is 14.6 Å². The van der Waals surface area contributed by atoms with Crippen molar-refractivity contribution in [2.24, 2.45) is 0 Å². The van der Waals surface area contributed by atoms with Crippen molar-refractivity contribution in [3.05, 3.63) is 28.8 Å². The minimum atomic E-state index is -0.569. The zero-order valence-corrected chi connectivity index (χ0v) is 13.1. The Labute approximate surface area is 129 Å². The molecule has 0 bridgehead atoms. The molecular weight excluding hydrogens is 292 g/mol. The van der Waals surface area contributed by atoms with Crippen LogP contribution in [-0.4, -0.2) is 43.4 Å². The molecule has 116 valence electrons. The smallest absolute Gasteiger partial charge is 0.245 e. The molecule has 1 aliphatic rings. The number of anilines is 1. The van der Waals surface area contributed by atoms with Crippen LogP contribution in [0.3, 0.4) is 0 Å². The Morgan fingerprint density at radius 2 is 2.38 bits per heavy atom. The van der Waals surface area contributed by atoms with Gasteiger partial charge in [0.2, 0.25) is 5.91 Å². The Hall–Kier alpha value is -1.30. The van der Waals surface area contributed by atoms with E-state index in [0.29, 0.717) is 31.3 Å². The van der Waals surface area contributed by atoms with Crippen molar-refractivity contribution in [3.8, 4) is 0 Å². The number of aliphatic hydroxyl groups excluding tert-OH is 1. The molecule has 21 heavy (non-hydrogen) atoms.